The lowest BCUT2D eigenvalue weighted by atomic mass is 10.3. The average Bonchev–Trinajstić information content (AvgIpc) is 3.22. The quantitative estimate of drug-likeness (QED) is 0.669. The van der Waals surface area contributed by atoms with Crippen LogP contribution in [0.4, 0.5) is 5.82 Å². The summed E-state index contributed by atoms with van der Waals surface area (Å²) in [4.78, 5) is 20.6. The molecule has 0 aliphatic rings. The van der Waals surface area contributed by atoms with Gasteiger partial charge in [-0.1, -0.05) is 5.16 Å². The fraction of sp³-hybridized carbons (Fsp3) is 0.250. The third-order valence-electron chi connectivity index (χ3n) is 3.27. The molecule has 3 rings (SSSR count). The van der Waals surface area contributed by atoms with E-state index in [0.717, 1.165) is 5.82 Å². The molecule has 3 heterocycles. The van der Waals surface area contributed by atoms with Crippen LogP contribution >= 0.6 is 0 Å². The Morgan fingerprint density at radius 2 is 1.96 bits per heavy atom. The minimum absolute atomic E-state index is 0.263. The molecule has 0 unspecified atom stereocenters. The summed E-state index contributed by atoms with van der Waals surface area (Å²) >= 11 is 0. The van der Waals surface area contributed by atoms with Crippen LogP contribution in [-0.2, 0) is 0 Å². The number of aryl methyl sites for hydroxylation is 2. The Kier molecular flexibility index (Phi) is 4.55. The van der Waals surface area contributed by atoms with E-state index in [4.69, 9.17) is 4.52 Å². The van der Waals surface area contributed by atoms with Crippen LogP contribution in [0.25, 0.3) is 5.82 Å². The van der Waals surface area contributed by atoms with E-state index in [0.29, 0.717) is 30.5 Å². The first-order valence-corrected chi connectivity index (χ1v) is 7.56. The molecule has 0 radical (unpaired) electrons. The first-order valence-electron chi connectivity index (χ1n) is 7.56. The normalized spacial score (nSPS) is 10.6. The number of nitrogens with zero attached hydrogens (tertiary/aromatic N) is 4. The number of hydrogen-bond acceptors (Lipinski definition) is 6. The van der Waals surface area contributed by atoms with Crippen LogP contribution in [0.15, 0.2) is 41.2 Å². The second-order valence-corrected chi connectivity index (χ2v) is 5.25. The van der Waals surface area contributed by atoms with Gasteiger partial charge in [0, 0.05) is 37.6 Å². The van der Waals surface area contributed by atoms with Gasteiger partial charge in [0.25, 0.3) is 5.91 Å². The molecular weight excluding hydrogens is 308 g/mol. The Morgan fingerprint density at radius 1 is 1.17 bits per heavy atom. The predicted octanol–water partition coefficient (Wildman–Crippen LogP) is 1.71. The van der Waals surface area contributed by atoms with Crippen LogP contribution in [-0.4, -0.2) is 38.7 Å². The largest absolute Gasteiger partial charge is 0.368 e. The van der Waals surface area contributed by atoms with Gasteiger partial charge in [-0.15, -0.1) is 0 Å². The van der Waals surface area contributed by atoms with E-state index < -0.39 is 0 Å². The van der Waals surface area contributed by atoms with Crippen LogP contribution in [0.5, 0.6) is 0 Å². The summed E-state index contributed by atoms with van der Waals surface area (Å²) in [6.07, 6.45) is 3.84. The standard InChI is InChI=1S/C16H18N6O2/c1-11-9-13(21-24-11)16(23)18-6-5-17-14-10-15(20-12(2)19-14)22-7-3-4-8-22/h3-4,7-10H,5-6H2,1-2H3,(H,18,23)(H,17,19,20). The fourth-order valence-electron chi connectivity index (χ4n) is 2.19. The lowest BCUT2D eigenvalue weighted by molar-refractivity contribution is 0.0946. The second kappa shape index (κ2) is 6.95. The Bertz CT molecular complexity index is 825. The van der Waals surface area contributed by atoms with Gasteiger partial charge in [0.2, 0.25) is 0 Å². The molecule has 3 aromatic rings. The summed E-state index contributed by atoms with van der Waals surface area (Å²) in [6.45, 7) is 4.55. The van der Waals surface area contributed by atoms with Gasteiger partial charge in [-0.3, -0.25) is 4.79 Å². The van der Waals surface area contributed by atoms with E-state index in [-0.39, 0.29) is 11.6 Å². The van der Waals surface area contributed by atoms with Crippen molar-refractivity contribution in [2.75, 3.05) is 18.4 Å². The highest BCUT2D eigenvalue weighted by Gasteiger charge is 2.10. The molecule has 2 N–H and O–H groups in total. The SMILES string of the molecule is Cc1nc(NCCNC(=O)c2cc(C)on2)cc(-n2cccc2)n1. The fourth-order valence-corrected chi connectivity index (χ4v) is 2.19. The molecule has 1 amide bonds. The van der Waals surface area contributed by atoms with Crippen LogP contribution in [0.2, 0.25) is 0 Å². The van der Waals surface area contributed by atoms with Gasteiger partial charge < -0.3 is 19.7 Å². The maximum Gasteiger partial charge on any atom is 0.273 e. The third-order valence-corrected chi connectivity index (χ3v) is 3.27. The zero-order chi connectivity index (χ0) is 16.9. The Labute approximate surface area is 138 Å². The molecule has 24 heavy (non-hydrogen) atoms. The molecule has 0 fully saturated rings. The number of rotatable bonds is 6. The van der Waals surface area contributed by atoms with Crippen molar-refractivity contribution in [1.82, 2.24) is 25.0 Å². The Morgan fingerprint density at radius 3 is 2.67 bits per heavy atom. The molecule has 124 valence electrons. The molecule has 0 aliphatic heterocycles. The average molecular weight is 326 g/mol. The van der Waals surface area contributed by atoms with Gasteiger partial charge in [0.15, 0.2) is 5.69 Å². The highest BCUT2D eigenvalue weighted by molar-refractivity contribution is 5.92. The number of hydrogen-bond donors (Lipinski definition) is 2. The summed E-state index contributed by atoms with van der Waals surface area (Å²) in [6, 6.07) is 7.33. The monoisotopic (exact) mass is 326 g/mol. The van der Waals surface area contributed by atoms with Crippen molar-refractivity contribution < 1.29 is 9.32 Å². The van der Waals surface area contributed by atoms with E-state index in [9.17, 15) is 4.79 Å². The molecule has 3 aromatic heterocycles. The van der Waals surface area contributed by atoms with E-state index in [2.05, 4.69) is 25.8 Å². The third kappa shape index (κ3) is 3.78. The summed E-state index contributed by atoms with van der Waals surface area (Å²) in [5, 5.41) is 9.62. The molecule has 0 saturated heterocycles. The Hall–Kier alpha value is -3.16. The zero-order valence-electron chi connectivity index (χ0n) is 13.5. The lowest BCUT2D eigenvalue weighted by Gasteiger charge is -2.09. The first kappa shape index (κ1) is 15.7. The minimum Gasteiger partial charge on any atom is -0.368 e. The van der Waals surface area contributed by atoms with Gasteiger partial charge in [-0.05, 0) is 26.0 Å². The van der Waals surface area contributed by atoms with Crippen molar-refractivity contribution >= 4 is 11.7 Å². The van der Waals surface area contributed by atoms with Crippen LogP contribution in [0, 0.1) is 13.8 Å². The molecule has 0 spiro atoms. The van der Waals surface area contributed by atoms with E-state index >= 15 is 0 Å². The van der Waals surface area contributed by atoms with E-state index in [1.54, 1.807) is 13.0 Å². The molecule has 0 atom stereocenters. The number of carbonyl (C=O) groups excluding carboxylic acids is 1. The molecular formula is C16H18N6O2. The number of nitrogens with one attached hydrogen (secondary N) is 2. The number of amides is 1. The molecule has 0 saturated carbocycles. The topological polar surface area (TPSA) is 97.9 Å². The van der Waals surface area contributed by atoms with Crippen LogP contribution in [0.3, 0.4) is 0 Å². The maximum atomic E-state index is 11.8. The van der Waals surface area contributed by atoms with Gasteiger partial charge >= 0.3 is 0 Å². The van der Waals surface area contributed by atoms with E-state index in [1.807, 2.05) is 42.1 Å². The Balaban J connectivity index is 1.54. The summed E-state index contributed by atoms with van der Waals surface area (Å²) in [5.74, 6) is 2.51. The predicted molar refractivity (Wildman–Crippen MR) is 88.2 cm³/mol. The van der Waals surface area contributed by atoms with Gasteiger partial charge in [0.1, 0.15) is 23.2 Å². The number of carbonyl (C=O) groups is 1. The summed E-state index contributed by atoms with van der Waals surface area (Å²) in [7, 11) is 0. The van der Waals surface area contributed by atoms with Gasteiger partial charge in [-0.25, -0.2) is 9.97 Å². The number of anilines is 1. The minimum atomic E-state index is -0.263. The van der Waals surface area contributed by atoms with E-state index in [1.165, 1.54) is 0 Å². The highest BCUT2D eigenvalue weighted by atomic mass is 16.5. The van der Waals surface area contributed by atoms with Crippen molar-refractivity contribution in [2.24, 2.45) is 0 Å². The molecule has 0 aliphatic carbocycles. The molecule has 0 bridgehead atoms. The molecule has 8 nitrogen and oxygen atoms in total. The van der Waals surface area contributed by atoms with Crippen molar-refractivity contribution in [3.05, 3.63) is 53.9 Å². The summed E-state index contributed by atoms with van der Waals surface area (Å²) in [5.41, 5.74) is 0.278. The number of aromatic nitrogens is 4. The highest BCUT2D eigenvalue weighted by Crippen LogP contribution is 2.11. The van der Waals surface area contributed by atoms with Gasteiger partial charge in [-0.2, -0.15) is 0 Å². The van der Waals surface area contributed by atoms with Crippen molar-refractivity contribution in [1.29, 1.82) is 0 Å². The lowest BCUT2D eigenvalue weighted by Crippen LogP contribution is -2.29. The second-order valence-electron chi connectivity index (χ2n) is 5.25. The van der Waals surface area contributed by atoms with Crippen molar-refractivity contribution in [2.45, 2.75) is 13.8 Å². The molecule has 0 aromatic carbocycles. The molecule has 8 heteroatoms. The maximum absolute atomic E-state index is 11.8. The van der Waals surface area contributed by atoms with Crippen LogP contribution < -0.4 is 10.6 Å². The van der Waals surface area contributed by atoms with Crippen molar-refractivity contribution in [3.63, 3.8) is 0 Å². The first-order chi connectivity index (χ1) is 11.6. The zero-order valence-corrected chi connectivity index (χ0v) is 13.5. The van der Waals surface area contributed by atoms with Crippen LogP contribution in [0.1, 0.15) is 22.1 Å². The van der Waals surface area contributed by atoms with Gasteiger partial charge in [0.05, 0.1) is 0 Å². The smallest absolute Gasteiger partial charge is 0.273 e. The van der Waals surface area contributed by atoms with Crippen molar-refractivity contribution in [3.8, 4) is 5.82 Å². The summed E-state index contributed by atoms with van der Waals surface area (Å²) < 4.78 is 6.79.